The molecule has 0 aliphatic rings. The average Bonchev–Trinajstić information content (AvgIpc) is 2.50. The van der Waals surface area contributed by atoms with E-state index in [1.165, 1.54) is 0 Å². The van der Waals surface area contributed by atoms with Gasteiger partial charge in [-0.2, -0.15) is 5.48 Å². The number of carbonyl (C=O) groups is 1. The van der Waals surface area contributed by atoms with E-state index in [-0.39, 0.29) is 6.10 Å². The Morgan fingerprint density at radius 3 is 1.95 bits per heavy atom. The van der Waals surface area contributed by atoms with Crippen LogP contribution in [-0.4, -0.2) is 12.7 Å². The Balaban J connectivity index is 2.15. The molecule has 2 aromatic carbocycles. The van der Waals surface area contributed by atoms with Crippen LogP contribution in [0.4, 0.5) is 4.79 Å². The number of hydrogen-bond acceptors (Lipinski definition) is 3. The smallest absolute Gasteiger partial charge is 0.431 e. The lowest BCUT2D eigenvalue weighted by Crippen LogP contribution is -2.27. The molecule has 1 amide bonds. The van der Waals surface area contributed by atoms with Gasteiger partial charge in [-0.05, 0) is 18.1 Å². The van der Waals surface area contributed by atoms with Crippen LogP contribution in [0.25, 0.3) is 0 Å². The van der Waals surface area contributed by atoms with Gasteiger partial charge in [-0.3, -0.25) is 4.84 Å². The number of ether oxygens (including phenoxy) is 1. The topological polar surface area (TPSA) is 47.6 Å². The Kier molecular flexibility index (Phi) is 5.15. The lowest BCUT2D eigenvalue weighted by atomic mass is 10.0. The van der Waals surface area contributed by atoms with Crippen LogP contribution < -0.4 is 5.48 Å². The van der Waals surface area contributed by atoms with Gasteiger partial charge in [-0.15, -0.1) is 0 Å². The van der Waals surface area contributed by atoms with Crippen molar-refractivity contribution in [2.75, 3.05) is 6.61 Å². The SMILES string of the molecule is CCOC(=O)NOC(c1ccccc1)c1ccccc1. The number of hydrogen-bond donors (Lipinski definition) is 1. The lowest BCUT2D eigenvalue weighted by Gasteiger charge is -2.18. The molecule has 0 aliphatic carbocycles. The molecule has 0 unspecified atom stereocenters. The molecule has 0 heterocycles. The van der Waals surface area contributed by atoms with E-state index in [9.17, 15) is 4.79 Å². The third-order valence-electron chi connectivity index (χ3n) is 2.74. The highest BCUT2D eigenvalue weighted by molar-refractivity contribution is 5.65. The number of nitrogens with one attached hydrogen (secondary N) is 1. The van der Waals surface area contributed by atoms with Gasteiger partial charge in [0.2, 0.25) is 0 Å². The van der Waals surface area contributed by atoms with Gasteiger partial charge in [0.25, 0.3) is 0 Å². The summed E-state index contributed by atoms with van der Waals surface area (Å²) < 4.78 is 4.79. The predicted molar refractivity (Wildman–Crippen MR) is 76.0 cm³/mol. The fraction of sp³-hybridized carbons (Fsp3) is 0.188. The van der Waals surface area contributed by atoms with Crippen LogP contribution in [0.2, 0.25) is 0 Å². The first-order valence-electron chi connectivity index (χ1n) is 6.49. The third kappa shape index (κ3) is 3.83. The van der Waals surface area contributed by atoms with Gasteiger partial charge in [-0.1, -0.05) is 60.7 Å². The van der Waals surface area contributed by atoms with Gasteiger partial charge < -0.3 is 4.74 Å². The van der Waals surface area contributed by atoms with Crippen molar-refractivity contribution in [3.8, 4) is 0 Å². The van der Waals surface area contributed by atoms with Gasteiger partial charge in [0.15, 0.2) is 0 Å². The minimum absolute atomic E-state index is 0.302. The van der Waals surface area contributed by atoms with Crippen LogP contribution in [0, 0.1) is 0 Å². The zero-order valence-electron chi connectivity index (χ0n) is 11.3. The fourth-order valence-corrected chi connectivity index (χ4v) is 1.85. The van der Waals surface area contributed by atoms with Crippen molar-refractivity contribution >= 4 is 6.09 Å². The normalized spacial score (nSPS) is 10.3. The van der Waals surface area contributed by atoms with E-state index >= 15 is 0 Å². The molecule has 104 valence electrons. The number of carbonyl (C=O) groups excluding carboxylic acids is 1. The molecule has 0 fully saturated rings. The van der Waals surface area contributed by atoms with E-state index in [0.29, 0.717) is 6.61 Å². The minimum atomic E-state index is -0.593. The molecular formula is C16H17NO3. The average molecular weight is 271 g/mol. The highest BCUT2D eigenvalue weighted by atomic mass is 16.7. The van der Waals surface area contributed by atoms with Gasteiger partial charge in [0, 0.05) is 0 Å². The molecule has 0 aromatic heterocycles. The molecule has 1 N–H and O–H groups in total. The molecule has 0 saturated carbocycles. The van der Waals surface area contributed by atoms with E-state index in [1.54, 1.807) is 6.92 Å². The van der Waals surface area contributed by atoms with Crippen LogP contribution >= 0.6 is 0 Å². The van der Waals surface area contributed by atoms with Crippen molar-refractivity contribution in [3.63, 3.8) is 0 Å². The molecule has 0 saturated heterocycles. The highest BCUT2D eigenvalue weighted by Crippen LogP contribution is 2.24. The van der Waals surface area contributed by atoms with Crippen molar-refractivity contribution in [1.29, 1.82) is 0 Å². The number of hydroxylamine groups is 1. The van der Waals surface area contributed by atoms with Crippen molar-refractivity contribution in [2.45, 2.75) is 13.0 Å². The summed E-state index contributed by atoms with van der Waals surface area (Å²) in [4.78, 5) is 16.9. The summed E-state index contributed by atoms with van der Waals surface area (Å²) in [6.07, 6.45) is -0.967. The first-order valence-corrected chi connectivity index (χ1v) is 6.49. The Labute approximate surface area is 118 Å². The van der Waals surface area contributed by atoms with Gasteiger partial charge in [0.1, 0.15) is 6.10 Å². The van der Waals surface area contributed by atoms with E-state index < -0.39 is 6.09 Å². The second-order valence-electron chi connectivity index (χ2n) is 4.14. The molecule has 0 radical (unpaired) electrons. The fourth-order valence-electron chi connectivity index (χ4n) is 1.85. The maximum absolute atomic E-state index is 11.4. The molecule has 0 aliphatic heterocycles. The Morgan fingerprint density at radius 2 is 1.50 bits per heavy atom. The first-order chi connectivity index (χ1) is 9.81. The van der Waals surface area contributed by atoms with Crippen LogP contribution in [0.1, 0.15) is 24.2 Å². The van der Waals surface area contributed by atoms with E-state index in [2.05, 4.69) is 5.48 Å². The van der Waals surface area contributed by atoms with Crippen LogP contribution in [0.5, 0.6) is 0 Å². The Bertz CT molecular complexity index is 488. The molecular weight excluding hydrogens is 254 g/mol. The second-order valence-corrected chi connectivity index (χ2v) is 4.14. The maximum Gasteiger partial charge on any atom is 0.431 e. The quantitative estimate of drug-likeness (QED) is 0.847. The maximum atomic E-state index is 11.4. The lowest BCUT2D eigenvalue weighted by molar-refractivity contribution is -0.00573. The first kappa shape index (κ1) is 14.1. The zero-order chi connectivity index (χ0) is 14.2. The summed E-state index contributed by atoms with van der Waals surface area (Å²) in [5.41, 5.74) is 4.23. The van der Waals surface area contributed by atoms with Crippen molar-refractivity contribution in [2.24, 2.45) is 0 Å². The summed E-state index contributed by atoms with van der Waals surface area (Å²) in [5, 5.41) is 0. The summed E-state index contributed by atoms with van der Waals surface area (Å²) in [6, 6.07) is 19.4. The largest absolute Gasteiger partial charge is 0.448 e. The highest BCUT2D eigenvalue weighted by Gasteiger charge is 2.16. The standard InChI is InChI=1S/C16H17NO3/c1-2-19-16(18)17-20-15(13-9-5-3-6-10-13)14-11-7-4-8-12-14/h3-12,15H,2H2,1H3,(H,17,18). The van der Waals surface area contributed by atoms with Crippen molar-refractivity contribution in [3.05, 3.63) is 71.8 Å². The van der Waals surface area contributed by atoms with Crippen LogP contribution in [0.3, 0.4) is 0 Å². The van der Waals surface area contributed by atoms with Crippen LogP contribution in [0.15, 0.2) is 60.7 Å². The van der Waals surface area contributed by atoms with Gasteiger partial charge in [0.05, 0.1) is 6.61 Å². The number of rotatable bonds is 5. The van der Waals surface area contributed by atoms with Crippen molar-refractivity contribution in [1.82, 2.24) is 5.48 Å². The Hall–Kier alpha value is -2.33. The monoisotopic (exact) mass is 271 g/mol. The second kappa shape index (κ2) is 7.31. The molecule has 20 heavy (non-hydrogen) atoms. The summed E-state index contributed by atoms with van der Waals surface area (Å²) in [6.45, 7) is 2.04. The predicted octanol–water partition coefficient (Wildman–Crippen LogP) is 3.45. The van der Waals surface area contributed by atoms with Gasteiger partial charge >= 0.3 is 6.09 Å². The minimum Gasteiger partial charge on any atom is -0.448 e. The summed E-state index contributed by atoms with van der Waals surface area (Å²) in [5.74, 6) is 0. The summed E-state index contributed by atoms with van der Waals surface area (Å²) in [7, 11) is 0. The van der Waals surface area contributed by atoms with E-state index in [0.717, 1.165) is 11.1 Å². The van der Waals surface area contributed by atoms with Crippen LogP contribution in [-0.2, 0) is 9.57 Å². The number of benzene rings is 2. The van der Waals surface area contributed by atoms with Gasteiger partial charge in [-0.25, -0.2) is 4.79 Å². The molecule has 0 bridgehead atoms. The zero-order valence-corrected chi connectivity index (χ0v) is 11.3. The van der Waals surface area contributed by atoms with E-state index in [4.69, 9.17) is 9.57 Å². The molecule has 4 heteroatoms. The Morgan fingerprint density at radius 1 is 1.00 bits per heavy atom. The molecule has 0 atom stereocenters. The number of amides is 1. The van der Waals surface area contributed by atoms with Crippen molar-refractivity contribution < 1.29 is 14.4 Å². The molecule has 2 rings (SSSR count). The molecule has 0 spiro atoms. The van der Waals surface area contributed by atoms with E-state index in [1.807, 2.05) is 60.7 Å². The third-order valence-corrected chi connectivity index (χ3v) is 2.74. The molecule has 4 nitrogen and oxygen atoms in total. The summed E-state index contributed by atoms with van der Waals surface area (Å²) >= 11 is 0. The molecule has 2 aromatic rings.